The van der Waals surface area contributed by atoms with Crippen LogP contribution < -0.4 is 10.1 Å². The Morgan fingerprint density at radius 3 is 2.64 bits per heavy atom. The first-order valence-electron chi connectivity index (χ1n) is 7.72. The number of carbonyl (C=O) groups is 2. The first-order chi connectivity index (χ1) is 12.2. The second kappa shape index (κ2) is 6.49. The molecule has 1 aliphatic heterocycles. The molecule has 5 nitrogen and oxygen atoms in total. The lowest BCUT2D eigenvalue weighted by molar-refractivity contribution is -0.115. The van der Waals surface area contributed by atoms with Crippen molar-refractivity contribution in [3.8, 4) is 5.75 Å². The van der Waals surface area contributed by atoms with Gasteiger partial charge in [0, 0.05) is 16.6 Å². The molecular weight excluding hydrogens is 336 g/mol. The van der Waals surface area contributed by atoms with Gasteiger partial charge in [-0.25, -0.2) is 0 Å². The van der Waals surface area contributed by atoms with Crippen LogP contribution in [0.25, 0.3) is 17.0 Å². The SMILES string of the molecule is O=C1NC(=O)C(=Cc2cc3cc(OCc4ccccc4)ccc3[nH]2)S1. The van der Waals surface area contributed by atoms with Crippen LogP contribution in [0.1, 0.15) is 11.3 Å². The summed E-state index contributed by atoms with van der Waals surface area (Å²) in [7, 11) is 0. The minimum atomic E-state index is -0.361. The van der Waals surface area contributed by atoms with Crippen LogP contribution in [0.2, 0.25) is 0 Å². The summed E-state index contributed by atoms with van der Waals surface area (Å²) < 4.78 is 5.83. The van der Waals surface area contributed by atoms with Crippen molar-refractivity contribution in [2.75, 3.05) is 0 Å². The molecule has 1 aromatic heterocycles. The highest BCUT2D eigenvalue weighted by molar-refractivity contribution is 8.18. The number of imide groups is 1. The molecule has 0 aliphatic carbocycles. The Bertz CT molecular complexity index is 992. The molecule has 0 spiro atoms. The standard InChI is InChI=1S/C19H14N2O3S/c22-18-17(25-19(23)21-18)10-14-8-13-9-15(6-7-16(13)20-14)24-11-12-4-2-1-3-5-12/h1-10,20H,11H2,(H,21,22,23). The number of thioether (sulfide) groups is 1. The summed E-state index contributed by atoms with van der Waals surface area (Å²) in [5.41, 5.74) is 2.81. The smallest absolute Gasteiger partial charge is 0.290 e. The number of H-pyrrole nitrogens is 1. The fraction of sp³-hybridized carbons (Fsp3) is 0.0526. The van der Waals surface area contributed by atoms with Crippen molar-refractivity contribution < 1.29 is 14.3 Å². The lowest BCUT2D eigenvalue weighted by Gasteiger charge is -2.06. The first-order valence-corrected chi connectivity index (χ1v) is 8.53. The van der Waals surface area contributed by atoms with Gasteiger partial charge in [0.2, 0.25) is 0 Å². The van der Waals surface area contributed by atoms with Gasteiger partial charge in [-0.1, -0.05) is 30.3 Å². The van der Waals surface area contributed by atoms with E-state index >= 15 is 0 Å². The molecular formula is C19H14N2O3S. The third kappa shape index (κ3) is 3.44. The molecule has 0 radical (unpaired) electrons. The van der Waals surface area contributed by atoms with Crippen molar-refractivity contribution in [3.63, 3.8) is 0 Å². The highest BCUT2D eigenvalue weighted by Crippen LogP contribution is 2.28. The Labute approximate surface area is 148 Å². The van der Waals surface area contributed by atoms with Crippen LogP contribution in [-0.4, -0.2) is 16.1 Å². The van der Waals surface area contributed by atoms with Crippen LogP contribution in [0.5, 0.6) is 5.75 Å². The van der Waals surface area contributed by atoms with Crippen LogP contribution in [0.15, 0.2) is 59.5 Å². The Kier molecular flexibility index (Phi) is 4.03. The van der Waals surface area contributed by atoms with Crippen LogP contribution >= 0.6 is 11.8 Å². The van der Waals surface area contributed by atoms with E-state index in [1.165, 1.54) is 0 Å². The molecule has 1 fully saturated rings. The van der Waals surface area contributed by atoms with Gasteiger partial charge in [0.05, 0.1) is 4.91 Å². The molecule has 2 amide bonds. The van der Waals surface area contributed by atoms with Crippen LogP contribution in [0.4, 0.5) is 4.79 Å². The van der Waals surface area contributed by atoms with E-state index in [9.17, 15) is 9.59 Å². The van der Waals surface area contributed by atoms with Crippen molar-refractivity contribution in [1.29, 1.82) is 0 Å². The monoisotopic (exact) mass is 350 g/mol. The summed E-state index contributed by atoms with van der Waals surface area (Å²) >= 11 is 0.904. The maximum absolute atomic E-state index is 11.6. The van der Waals surface area contributed by atoms with Crippen molar-refractivity contribution in [2.24, 2.45) is 0 Å². The molecule has 2 aromatic carbocycles. The van der Waals surface area contributed by atoms with E-state index in [2.05, 4.69) is 10.3 Å². The Hall–Kier alpha value is -2.99. The second-order valence-electron chi connectivity index (χ2n) is 5.60. The van der Waals surface area contributed by atoms with E-state index in [4.69, 9.17) is 4.74 Å². The number of aromatic nitrogens is 1. The third-order valence-corrected chi connectivity index (χ3v) is 4.60. The molecule has 0 atom stereocenters. The van der Waals surface area contributed by atoms with Crippen LogP contribution in [-0.2, 0) is 11.4 Å². The molecule has 0 unspecified atom stereocenters. The van der Waals surface area contributed by atoms with Crippen molar-refractivity contribution >= 4 is 39.9 Å². The van der Waals surface area contributed by atoms with Crippen molar-refractivity contribution in [2.45, 2.75) is 6.61 Å². The van der Waals surface area contributed by atoms with Gasteiger partial charge in [0.25, 0.3) is 11.1 Å². The number of hydrogen-bond acceptors (Lipinski definition) is 4. The average Bonchev–Trinajstić information content (AvgIpc) is 3.15. The molecule has 2 N–H and O–H groups in total. The van der Waals surface area contributed by atoms with Gasteiger partial charge in [0.1, 0.15) is 12.4 Å². The minimum Gasteiger partial charge on any atom is -0.489 e. The lowest BCUT2D eigenvalue weighted by atomic mass is 10.2. The van der Waals surface area contributed by atoms with Gasteiger partial charge in [-0.2, -0.15) is 0 Å². The van der Waals surface area contributed by atoms with Gasteiger partial charge in [-0.3, -0.25) is 14.9 Å². The number of fused-ring (bicyclic) bond motifs is 1. The van der Waals surface area contributed by atoms with Crippen molar-refractivity contribution in [3.05, 3.63) is 70.8 Å². The summed E-state index contributed by atoms with van der Waals surface area (Å²) in [4.78, 5) is 26.5. The Morgan fingerprint density at radius 2 is 1.88 bits per heavy atom. The zero-order chi connectivity index (χ0) is 17.2. The zero-order valence-electron chi connectivity index (χ0n) is 13.1. The second-order valence-corrected chi connectivity index (χ2v) is 6.61. The van der Waals surface area contributed by atoms with Gasteiger partial charge >= 0.3 is 0 Å². The minimum absolute atomic E-state index is 0.344. The first kappa shape index (κ1) is 15.5. The van der Waals surface area contributed by atoms with Gasteiger partial charge in [-0.05, 0) is 47.7 Å². The maximum Gasteiger partial charge on any atom is 0.290 e. The van der Waals surface area contributed by atoms with E-state index in [-0.39, 0.29) is 11.1 Å². The average molecular weight is 350 g/mol. The summed E-state index contributed by atoms with van der Waals surface area (Å²) in [5.74, 6) is 0.415. The summed E-state index contributed by atoms with van der Waals surface area (Å²) in [6, 6.07) is 17.7. The number of aromatic amines is 1. The summed E-state index contributed by atoms with van der Waals surface area (Å²) in [6.07, 6.45) is 1.68. The van der Waals surface area contributed by atoms with E-state index in [1.54, 1.807) is 6.08 Å². The summed E-state index contributed by atoms with van der Waals surface area (Å²) in [5, 5.41) is 2.88. The van der Waals surface area contributed by atoms with E-state index in [0.717, 1.165) is 39.7 Å². The number of hydrogen-bond donors (Lipinski definition) is 2. The number of benzene rings is 2. The normalized spacial score (nSPS) is 15.8. The molecule has 0 saturated carbocycles. The molecule has 1 aliphatic rings. The van der Waals surface area contributed by atoms with Gasteiger partial charge < -0.3 is 9.72 Å². The molecule has 6 heteroatoms. The molecule has 124 valence electrons. The van der Waals surface area contributed by atoms with E-state index in [0.29, 0.717) is 11.5 Å². The molecule has 0 bridgehead atoms. The number of nitrogens with one attached hydrogen (secondary N) is 2. The van der Waals surface area contributed by atoms with Gasteiger partial charge in [-0.15, -0.1) is 0 Å². The van der Waals surface area contributed by atoms with Crippen LogP contribution in [0.3, 0.4) is 0 Å². The third-order valence-electron chi connectivity index (χ3n) is 3.79. The molecule has 4 rings (SSSR count). The highest BCUT2D eigenvalue weighted by atomic mass is 32.2. The maximum atomic E-state index is 11.6. The molecule has 3 aromatic rings. The van der Waals surface area contributed by atoms with E-state index < -0.39 is 0 Å². The quantitative estimate of drug-likeness (QED) is 0.696. The van der Waals surface area contributed by atoms with E-state index in [1.807, 2.05) is 54.6 Å². The number of amides is 2. The fourth-order valence-electron chi connectivity index (χ4n) is 2.60. The number of rotatable bonds is 4. The molecule has 25 heavy (non-hydrogen) atoms. The van der Waals surface area contributed by atoms with Gasteiger partial charge in [0.15, 0.2) is 0 Å². The topological polar surface area (TPSA) is 71.2 Å². The number of carbonyl (C=O) groups excluding carboxylic acids is 2. The predicted octanol–water partition coefficient (Wildman–Crippen LogP) is 4.07. The molecule has 2 heterocycles. The Balaban J connectivity index is 1.54. The van der Waals surface area contributed by atoms with Crippen molar-refractivity contribution in [1.82, 2.24) is 10.3 Å². The summed E-state index contributed by atoms with van der Waals surface area (Å²) in [6.45, 7) is 0.507. The lowest BCUT2D eigenvalue weighted by Crippen LogP contribution is -2.17. The predicted molar refractivity (Wildman–Crippen MR) is 98.2 cm³/mol. The largest absolute Gasteiger partial charge is 0.489 e. The highest BCUT2D eigenvalue weighted by Gasteiger charge is 2.25. The van der Waals surface area contributed by atoms with Crippen LogP contribution in [0, 0.1) is 0 Å². The zero-order valence-corrected chi connectivity index (χ0v) is 13.9. The Morgan fingerprint density at radius 1 is 1.04 bits per heavy atom. The molecule has 1 saturated heterocycles. The fourth-order valence-corrected chi connectivity index (χ4v) is 3.28. The number of ether oxygens (including phenoxy) is 1.